The van der Waals surface area contributed by atoms with Gasteiger partial charge in [-0.05, 0) is 36.6 Å². The highest BCUT2D eigenvalue weighted by Gasteiger charge is 2.20. The van der Waals surface area contributed by atoms with Crippen LogP contribution in [-0.2, 0) is 4.74 Å². The van der Waals surface area contributed by atoms with Crippen LogP contribution in [0.2, 0.25) is 0 Å². The second-order valence-electron chi connectivity index (χ2n) is 6.63. The second-order valence-corrected chi connectivity index (χ2v) is 6.63. The van der Waals surface area contributed by atoms with Crippen LogP contribution < -0.4 is 10.5 Å². The summed E-state index contributed by atoms with van der Waals surface area (Å²) in [4.78, 5) is 13.1. The number of rotatable bonds is 4. The van der Waals surface area contributed by atoms with Gasteiger partial charge in [-0.25, -0.2) is 9.97 Å². The summed E-state index contributed by atoms with van der Waals surface area (Å²) in [5.41, 5.74) is 10.3. The number of nitrogens with zero attached hydrogens (tertiary/aromatic N) is 5. The molecule has 0 spiro atoms. The third-order valence-electron chi connectivity index (χ3n) is 4.57. The Labute approximate surface area is 178 Å². The molecule has 0 amide bonds. The van der Waals surface area contributed by atoms with Crippen LogP contribution in [0.1, 0.15) is 22.4 Å². The van der Waals surface area contributed by atoms with Crippen LogP contribution in [0.15, 0.2) is 48.9 Å². The fraction of sp³-hybridized carbons (Fsp3) is 0.130. The molecule has 8 nitrogen and oxygen atoms in total. The number of ether oxygens (including phenoxy) is 2. The molecule has 0 bridgehead atoms. The van der Waals surface area contributed by atoms with E-state index in [9.17, 15) is 5.26 Å². The van der Waals surface area contributed by atoms with Gasteiger partial charge in [-0.2, -0.15) is 5.26 Å². The molecule has 4 rings (SSSR count). The first-order valence-corrected chi connectivity index (χ1v) is 9.34. The Morgan fingerprint density at radius 1 is 1.19 bits per heavy atom. The minimum absolute atomic E-state index is 0.113. The Bertz CT molecular complexity index is 1360. The van der Waals surface area contributed by atoms with E-state index in [4.69, 9.17) is 15.2 Å². The van der Waals surface area contributed by atoms with Crippen LogP contribution in [0.25, 0.3) is 16.9 Å². The fourth-order valence-corrected chi connectivity index (χ4v) is 3.09. The maximum Gasteiger partial charge on any atom is 0.188 e. The molecule has 2 N–H and O–H groups in total. The second kappa shape index (κ2) is 8.54. The quantitative estimate of drug-likeness (QED) is 0.407. The number of benzene rings is 1. The van der Waals surface area contributed by atoms with E-state index in [0.29, 0.717) is 22.6 Å². The summed E-state index contributed by atoms with van der Waals surface area (Å²) in [7, 11) is 1.55. The van der Waals surface area contributed by atoms with E-state index in [1.807, 2.05) is 37.3 Å². The van der Waals surface area contributed by atoms with Gasteiger partial charge in [0.25, 0.3) is 0 Å². The van der Waals surface area contributed by atoms with Gasteiger partial charge in [0.1, 0.15) is 34.4 Å². The Balaban J connectivity index is 1.88. The van der Waals surface area contributed by atoms with Crippen molar-refractivity contribution < 1.29 is 9.47 Å². The number of nitriles is 1. The summed E-state index contributed by atoms with van der Waals surface area (Å²) in [5, 5.41) is 9.65. The number of hydrogen-bond donors (Lipinski definition) is 1. The van der Waals surface area contributed by atoms with Gasteiger partial charge in [-0.15, -0.1) is 0 Å². The highest BCUT2D eigenvalue weighted by Crippen LogP contribution is 2.31. The monoisotopic (exact) mass is 410 g/mol. The van der Waals surface area contributed by atoms with E-state index in [2.05, 4.69) is 32.9 Å². The molecule has 152 valence electrons. The molecule has 1 aromatic carbocycles. The molecule has 4 aromatic rings. The zero-order valence-electron chi connectivity index (χ0n) is 17.0. The van der Waals surface area contributed by atoms with Gasteiger partial charge in [0, 0.05) is 31.1 Å². The lowest BCUT2D eigenvalue weighted by Gasteiger charge is -2.13. The summed E-state index contributed by atoms with van der Waals surface area (Å²) in [6.07, 6.45) is 4.88. The van der Waals surface area contributed by atoms with Crippen molar-refractivity contribution in [2.75, 3.05) is 19.6 Å². The number of nitrogen functional groups attached to an aromatic ring is 1. The predicted molar refractivity (Wildman–Crippen MR) is 115 cm³/mol. The molecule has 0 atom stereocenters. The Kier molecular flexibility index (Phi) is 5.48. The van der Waals surface area contributed by atoms with Crippen molar-refractivity contribution in [2.45, 2.75) is 6.92 Å². The van der Waals surface area contributed by atoms with Crippen molar-refractivity contribution >= 4 is 17.0 Å². The lowest BCUT2D eigenvalue weighted by Crippen LogP contribution is -2.05. The molecule has 0 fully saturated rings. The molecule has 8 heteroatoms. The molecule has 3 aromatic heterocycles. The van der Waals surface area contributed by atoms with Crippen molar-refractivity contribution in [3.8, 4) is 29.3 Å². The minimum Gasteiger partial charge on any atom is -0.467 e. The average molecular weight is 410 g/mol. The third kappa shape index (κ3) is 3.88. The van der Waals surface area contributed by atoms with Crippen LogP contribution >= 0.6 is 0 Å². The van der Waals surface area contributed by atoms with Crippen LogP contribution in [0.3, 0.4) is 0 Å². The number of aryl methyl sites for hydroxylation is 1. The number of pyridine rings is 1. The molecule has 3 heterocycles. The van der Waals surface area contributed by atoms with E-state index in [1.165, 1.54) is 6.20 Å². The molecular formula is C23H18N6O2. The van der Waals surface area contributed by atoms with Crippen LogP contribution in [0.4, 0.5) is 5.82 Å². The lowest BCUT2D eigenvalue weighted by molar-refractivity contribution is 0.0511. The smallest absolute Gasteiger partial charge is 0.188 e. The molecule has 0 aliphatic carbocycles. The number of methoxy groups -OCH3 is 1. The Morgan fingerprint density at radius 2 is 2.06 bits per heavy atom. The maximum atomic E-state index is 9.65. The summed E-state index contributed by atoms with van der Waals surface area (Å²) < 4.78 is 12.2. The van der Waals surface area contributed by atoms with Crippen molar-refractivity contribution in [1.29, 1.82) is 5.26 Å². The van der Waals surface area contributed by atoms with Gasteiger partial charge >= 0.3 is 0 Å². The number of hydrogen-bond acceptors (Lipinski definition) is 7. The van der Waals surface area contributed by atoms with Crippen molar-refractivity contribution in [3.63, 3.8) is 0 Å². The molecule has 0 saturated carbocycles. The first-order chi connectivity index (χ1) is 15.1. The topological polar surface area (TPSA) is 112 Å². The molecule has 0 radical (unpaired) electrons. The minimum atomic E-state index is 0.113. The first-order valence-electron chi connectivity index (χ1n) is 9.34. The van der Waals surface area contributed by atoms with Crippen LogP contribution in [0, 0.1) is 30.1 Å². The van der Waals surface area contributed by atoms with E-state index < -0.39 is 0 Å². The summed E-state index contributed by atoms with van der Waals surface area (Å²) >= 11 is 0. The highest BCUT2D eigenvalue weighted by molar-refractivity contribution is 5.88. The van der Waals surface area contributed by atoms with Gasteiger partial charge < -0.3 is 15.2 Å². The Hall–Kier alpha value is -4.40. The van der Waals surface area contributed by atoms with Gasteiger partial charge in [-0.1, -0.05) is 12.0 Å². The van der Waals surface area contributed by atoms with E-state index >= 15 is 0 Å². The van der Waals surface area contributed by atoms with E-state index in [1.54, 1.807) is 24.1 Å². The normalized spacial score (nSPS) is 10.4. The largest absolute Gasteiger partial charge is 0.467 e. The predicted octanol–water partition coefficient (Wildman–Crippen LogP) is 2.96. The van der Waals surface area contributed by atoms with Gasteiger partial charge in [-0.3, -0.25) is 9.55 Å². The third-order valence-corrected chi connectivity index (χ3v) is 4.57. The summed E-state index contributed by atoms with van der Waals surface area (Å²) in [5.74, 6) is 6.85. The standard InChI is InChI=1S/C23H18N6O2/c1-15-5-8-18(31-14-30-2)10-20(15)29-22(25)19(11-24)21-23(29)28-17(13-27-21)7-6-16-4-3-9-26-12-16/h3-5,8-10,12-13H,14,25H2,1-2H3. The van der Waals surface area contributed by atoms with Gasteiger partial charge in [0.15, 0.2) is 12.4 Å². The molecule has 0 saturated heterocycles. The molecule has 0 aliphatic heterocycles. The SMILES string of the molecule is COCOc1ccc(C)c(-n2c(N)c(C#N)c3ncc(C#Cc4cccnc4)nc32)c1. The lowest BCUT2D eigenvalue weighted by atomic mass is 10.2. The number of fused-ring (bicyclic) bond motifs is 1. The zero-order valence-corrected chi connectivity index (χ0v) is 17.0. The number of aromatic nitrogens is 4. The summed E-state index contributed by atoms with van der Waals surface area (Å²) in [6.45, 7) is 2.05. The summed E-state index contributed by atoms with van der Waals surface area (Å²) in [6, 6.07) is 11.4. The average Bonchev–Trinajstić information content (AvgIpc) is 3.08. The molecular weight excluding hydrogens is 392 g/mol. The van der Waals surface area contributed by atoms with E-state index in [0.717, 1.165) is 16.8 Å². The maximum absolute atomic E-state index is 9.65. The number of nitrogens with two attached hydrogens (primary N) is 1. The van der Waals surface area contributed by atoms with Gasteiger partial charge in [0.05, 0.1) is 11.9 Å². The molecule has 0 unspecified atom stereocenters. The number of anilines is 1. The fourth-order valence-electron chi connectivity index (χ4n) is 3.09. The first kappa shape index (κ1) is 19.9. The van der Waals surface area contributed by atoms with Crippen molar-refractivity contribution in [1.82, 2.24) is 19.5 Å². The van der Waals surface area contributed by atoms with Crippen molar-refractivity contribution in [2.24, 2.45) is 0 Å². The zero-order chi connectivity index (χ0) is 21.8. The Morgan fingerprint density at radius 3 is 2.81 bits per heavy atom. The van der Waals surface area contributed by atoms with E-state index in [-0.39, 0.29) is 18.2 Å². The van der Waals surface area contributed by atoms with Crippen molar-refractivity contribution in [3.05, 3.63) is 71.3 Å². The van der Waals surface area contributed by atoms with Crippen LogP contribution in [-0.4, -0.2) is 33.4 Å². The van der Waals surface area contributed by atoms with Crippen LogP contribution in [0.5, 0.6) is 5.75 Å². The molecule has 31 heavy (non-hydrogen) atoms. The van der Waals surface area contributed by atoms with Gasteiger partial charge in [0.2, 0.25) is 0 Å². The molecule has 0 aliphatic rings. The highest BCUT2D eigenvalue weighted by atomic mass is 16.7.